The van der Waals surface area contributed by atoms with E-state index in [2.05, 4.69) is 28.6 Å². The molecule has 1 aliphatic carbocycles. The summed E-state index contributed by atoms with van der Waals surface area (Å²) in [6.07, 6.45) is 1.08. The molecule has 1 aromatic carbocycles. The number of nitro benzene ring substituents is 1. The van der Waals surface area contributed by atoms with Gasteiger partial charge in [-0.25, -0.2) is 0 Å². The number of thiol groups is 1. The van der Waals surface area contributed by atoms with E-state index in [4.69, 9.17) is 5.11 Å². The maximum atomic E-state index is 12.2. The molecule has 0 aromatic heterocycles. The van der Waals surface area contributed by atoms with E-state index in [0.717, 1.165) is 0 Å². The van der Waals surface area contributed by atoms with Crippen molar-refractivity contribution < 1.29 is 39.4 Å². The number of carboxylic acid groups (broad SMARTS) is 2. The van der Waals surface area contributed by atoms with Crippen molar-refractivity contribution in [2.45, 2.75) is 37.1 Å². The molecule has 0 heterocycles. The summed E-state index contributed by atoms with van der Waals surface area (Å²) in [5, 5.41) is 47.3. The number of hydrogen-bond acceptors (Lipinski definition) is 9. The average Bonchev–Trinajstić information content (AvgIpc) is 2.79. The molecule has 0 radical (unpaired) electrons. The van der Waals surface area contributed by atoms with Gasteiger partial charge in [-0.05, 0) is 12.0 Å². The zero-order valence-electron chi connectivity index (χ0n) is 17.7. The lowest BCUT2D eigenvalue weighted by Gasteiger charge is -2.29. The molecule has 2 rings (SSSR count). The molecule has 1 aliphatic rings. The van der Waals surface area contributed by atoms with Crippen LogP contribution in [-0.4, -0.2) is 74.4 Å². The van der Waals surface area contributed by atoms with Gasteiger partial charge in [0.15, 0.2) is 0 Å². The summed E-state index contributed by atoms with van der Waals surface area (Å²) in [5.74, 6) is -4.12. The maximum absolute atomic E-state index is 12.2. The van der Waals surface area contributed by atoms with E-state index in [1.807, 2.05) is 0 Å². The molecule has 2 unspecified atom stereocenters. The van der Waals surface area contributed by atoms with E-state index in [9.17, 15) is 39.5 Å². The number of aliphatic carboxylic acids is 2. The first kappa shape index (κ1) is 26.8. The molecule has 6 N–H and O–H groups in total. The molecule has 2 amide bonds. The van der Waals surface area contributed by atoms with Crippen molar-refractivity contribution in [2.75, 3.05) is 12.3 Å². The number of fused-ring (bicyclic) bond motifs is 1. The highest BCUT2D eigenvalue weighted by molar-refractivity contribution is 7.80. The largest absolute Gasteiger partial charge is 0.480 e. The Labute approximate surface area is 198 Å². The van der Waals surface area contributed by atoms with Crippen molar-refractivity contribution in [1.29, 1.82) is 0 Å². The number of aliphatic hydroxyl groups excluding tert-OH is 1. The van der Waals surface area contributed by atoms with Gasteiger partial charge in [0.05, 0.1) is 16.5 Å². The molecule has 0 aliphatic heterocycles. The van der Waals surface area contributed by atoms with Crippen molar-refractivity contribution >= 4 is 48.1 Å². The first-order valence-corrected chi connectivity index (χ1v) is 10.7. The van der Waals surface area contributed by atoms with Crippen molar-refractivity contribution in [3.63, 3.8) is 0 Å². The van der Waals surface area contributed by atoms with Gasteiger partial charge in [-0.15, -0.1) is 0 Å². The third kappa shape index (κ3) is 7.00. The molecule has 0 bridgehead atoms. The monoisotopic (exact) mass is 496 g/mol. The lowest BCUT2D eigenvalue weighted by atomic mass is 9.89. The number of nitrogens with one attached hydrogen (secondary N) is 3. The van der Waals surface area contributed by atoms with E-state index >= 15 is 0 Å². The Bertz CT molecular complexity index is 1000. The van der Waals surface area contributed by atoms with Gasteiger partial charge < -0.3 is 26.0 Å². The van der Waals surface area contributed by atoms with Gasteiger partial charge in [-0.1, -0.05) is 24.3 Å². The van der Waals surface area contributed by atoms with E-state index in [-0.39, 0.29) is 29.8 Å². The zero-order valence-corrected chi connectivity index (χ0v) is 18.6. The van der Waals surface area contributed by atoms with E-state index in [1.165, 1.54) is 24.3 Å². The highest BCUT2D eigenvalue weighted by Gasteiger charge is 2.33. The van der Waals surface area contributed by atoms with E-state index < -0.39 is 59.5 Å². The number of carbonyl (C=O) groups is 4. The topological polar surface area (TPSA) is 208 Å². The highest BCUT2D eigenvalue weighted by atomic mass is 32.1. The lowest BCUT2D eigenvalue weighted by Crippen LogP contribution is -2.50. The third-order valence-corrected chi connectivity index (χ3v) is 5.40. The van der Waals surface area contributed by atoms with Crippen LogP contribution in [-0.2, 0) is 19.2 Å². The number of carbonyl (C=O) groups excluding carboxylic acids is 2. The van der Waals surface area contributed by atoms with Crippen LogP contribution in [0, 0.1) is 10.1 Å². The van der Waals surface area contributed by atoms with Gasteiger partial charge >= 0.3 is 11.9 Å². The fourth-order valence-electron chi connectivity index (χ4n) is 3.37. The number of rotatable bonds is 12. The summed E-state index contributed by atoms with van der Waals surface area (Å²) in [7, 11) is 0. The molecule has 184 valence electrons. The summed E-state index contributed by atoms with van der Waals surface area (Å²) in [5.41, 5.74) is 0.190. The van der Waals surface area contributed by atoms with Gasteiger partial charge in [-0.2, -0.15) is 12.6 Å². The summed E-state index contributed by atoms with van der Waals surface area (Å²) < 4.78 is 0. The quantitative estimate of drug-likeness (QED) is 0.112. The molecule has 0 spiro atoms. The summed E-state index contributed by atoms with van der Waals surface area (Å²) in [6, 6.07) is 0.912. The minimum Gasteiger partial charge on any atom is -0.480 e. The van der Waals surface area contributed by atoms with Gasteiger partial charge in [0.1, 0.15) is 24.7 Å². The van der Waals surface area contributed by atoms with Crippen LogP contribution in [0.2, 0.25) is 0 Å². The normalized spacial score (nSPS) is 18.3. The number of benzene rings is 1. The second kappa shape index (κ2) is 12.1. The molecule has 14 heteroatoms. The van der Waals surface area contributed by atoms with Crippen LogP contribution in [0.3, 0.4) is 0 Å². The summed E-state index contributed by atoms with van der Waals surface area (Å²) in [6.45, 7) is -0.636. The molecule has 4 atom stereocenters. The second-order valence-corrected chi connectivity index (χ2v) is 7.74. The smallest absolute Gasteiger partial charge is 0.322 e. The molecular weight excluding hydrogens is 472 g/mol. The Morgan fingerprint density at radius 2 is 1.88 bits per heavy atom. The minimum absolute atomic E-state index is 0.0541. The third-order valence-electron chi connectivity index (χ3n) is 5.03. The molecular formula is C20H24N4O9S. The molecule has 0 fully saturated rings. The standard InChI is InChI=1S/C20H24N4O9S/c25-15(23-13(9-34)19(29)21-8-16(26)27)7-6-12(20(30)31)22-11-5-4-10-2-1-3-14(24(32)33)17(10)18(11)28/h1-5,11-13,18,22,28,34H,6-9H2,(H,21,29)(H,23,25)(H,26,27)(H,30,31)/t11?,12-,13-,18?/m0/s1. The minimum atomic E-state index is -1.40. The summed E-state index contributed by atoms with van der Waals surface area (Å²) >= 11 is 3.95. The Hall–Kier alpha value is -3.49. The van der Waals surface area contributed by atoms with Crippen LogP contribution in [0.4, 0.5) is 5.69 Å². The molecule has 34 heavy (non-hydrogen) atoms. The molecule has 0 saturated carbocycles. The van der Waals surface area contributed by atoms with Crippen molar-refractivity contribution in [1.82, 2.24) is 16.0 Å². The van der Waals surface area contributed by atoms with E-state index in [0.29, 0.717) is 5.56 Å². The van der Waals surface area contributed by atoms with Gasteiger partial charge in [0.25, 0.3) is 5.69 Å². The molecule has 1 aromatic rings. The van der Waals surface area contributed by atoms with Gasteiger partial charge in [0.2, 0.25) is 11.8 Å². The first-order chi connectivity index (χ1) is 16.0. The van der Waals surface area contributed by atoms with Crippen LogP contribution < -0.4 is 16.0 Å². The van der Waals surface area contributed by atoms with Gasteiger partial charge in [-0.3, -0.25) is 34.6 Å². The SMILES string of the molecule is O=C(O)CNC(=O)[C@H](CS)NC(=O)CC[C@H](NC1C=Cc2cccc([N+](=O)[O-])c2C1O)C(=O)O. The van der Waals surface area contributed by atoms with Crippen molar-refractivity contribution in [3.05, 3.63) is 45.5 Å². The average molecular weight is 496 g/mol. The lowest BCUT2D eigenvalue weighted by molar-refractivity contribution is -0.386. The Morgan fingerprint density at radius 3 is 2.47 bits per heavy atom. The number of nitrogens with zero attached hydrogens (tertiary/aromatic N) is 1. The predicted molar refractivity (Wildman–Crippen MR) is 121 cm³/mol. The van der Waals surface area contributed by atoms with Crippen LogP contribution in [0.15, 0.2) is 24.3 Å². The second-order valence-electron chi connectivity index (χ2n) is 7.38. The Kier molecular flexibility index (Phi) is 9.53. The van der Waals surface area contributed by atoms with Crippen LogP contribution in [0.5, 0.6) is 0 Å². The molecule has 13 nitrogen and oxygen atoms in total. The van der Waals surface area contributed by atoms with Crippen molar-refractivity contribution in [3.8, 4) is 0 Å². The first-order valence-electron chi connectivity index (χ1n) is 10.1. The highest BCUT2D eigenvalue weighted by Crippen LogP contribution is 2.35. The number of carboxylic acids is 2. The Morgan fingerprint density at radius 1 is 1.18 bits per heavy atom. The van der Waals surface area contributed by atoms with Crippen molar-refractivity contribution in [2.24, 2.45) is 0 Å². The number of aliphatic hydroxyl groups is 1. The summed E-state index contributed by atoms with van der Waals surface area (Å²) in [4.78, 5) is 57.1. The van der Waals surface area contributed by atoms with Gasteiger partial charge in [0, 0.05) is 18.2 Å². The predicted octanol–water partition coefficient (Wildman–Crippen LogP) is -0.538. The van der Waals surface area contributed by atoms with Crippen LogP contribution >= 0.6 is 12.6 Å². The molecule has 0 saturated heterocycles. The fourth-order valence-corrected chi connectivity index (χ4v) is 3.63. The number of nitro groups is 1. The number of hydrogen-bond donors (Lipinski definition) is 7. The van der Waals surface area contributed by atoms with Crippen LogP contribution in [0.25, 0.3) is 6.08 Å². The van der Waals surface area contributed by atoms with E-state index in [1.54, 1.807) is 6.07 Å². The zero-order chi connectivity index (χ0) is 25.4. The Balaban J connectivity index is 2.01. The maximum Gasteiger partial charge on any atom is 0.322 e. The van der Waals surface area contributed by atoms with Crippen LogP contribution in [0.1, 0.15) is 30.1 Å². The fraction of sp³-hybridized carbons (Fsp3) is 0.400. The number of amides is 2.